The predicted octanol–water partition coefficient (Wildman–Crippen LogP) is 2.43. The van der Waals surface area contributed by atoms with Crippen LogP contribution in [0.1, 0.15) is 31.2 Å². The van der Waals surface area contributed by atoms with Crippen molar-refractivity contribution in [2.24, 2.45) is 0 Å². The summed E-state index contributed by atoms with van der Waals surface area (Å²) in [6.07, 6.45) is 4.60. The normalized spacial score (nSPS) is 24.6. The van der Waals surface area contributed by atoms with Crippen molar-refractivity contribution < 1.29 is 9.47 Å². The summed E-state index contributed by atoms with van der Waals surface area (Å²) in [5, 5.41) is 3.45. The van der Waals surface area contributed by atoms with Crippen molar-refractivity contribution in [2.75, 3.05) is 33.9 Å². The molecule has 1 aromatic carbocycles. The standard InChI is InChI=1S/C18H28N2O2/c1-20(14-15-4-3-5-17(12-15)21-2)16-6-11-22-18(13-16)7-9-19-10-8-18/h3-5,12,16,19H,6-11,13-14H2,1-2H3. The van der Waals surface area contributed by atoms with Crippen molar-refractivity contribution in [1.82, 2.24) is 10.2 Å². The third-order valence-corrected chi connectivity index (χ3v) is 5.17. The van der Waals surface area contributed by atoms with Crippen LogP contribution in [0, 0.1) is 0 Å². The first-order chi connectivity index (χ1) is 10.7. The van der Waals surface area contributed by atoms with Crippen LogP contribution in [0.15, 0.2) is 24.3 Å². The molecule has 1 spiro atoms. The van der Waals surface area contributed by atoms with E-state index in [9.17, 15) is 0 Å². The van der Waals surface area contributed by atoms with E-state index in [-0.39, 0.29) is 5.60 Å². The SMILES string of the molecule is COc1cccc(CN(C)C2CCOC3(CCNCC3)C2)c1. The summed E-state index contributed by atoms with van der Waals surface area (Å²) in [5.41, 5.74) is 1.43. The number of piperidine rings is 1. The molecule has 3 rings (SSSR count). The Kier molecular flexibility index (Phi) is 5.01. The molecule has 1 atom stereocenters. The van der Waals surface area contributed by atoms with Crippen molar-refractivity contribution in [3.63, 3.8) is 0 Å². The molecule has 0 aromatic heterocycles. The molecule has 0 saturated carbocycles. The molecule has 2 aliphatic rings. The Labute approximate surface area is 133 Å². The molecule has 1 N–H and O–H groups in total. The Bertz CT molecular complexity index is 480. The van der Waals surface area contributed by atoms with E-state index >= 15 is 0 Å². The zero-order valence-corrected chi connectivity index (χ0v) is 13.8. The summed E-state index contributed by atoms with van der Waals surface area (Å²) in [7, 11) is 3.96. The van der Waals surface area contributed by atoms with Crippen molar-refractivity contribution >= 4 is 0 Å². The van der Waals surface area contributed by atoms with Crippen LogP contribution in [0.2, 0.25) is 0 Å². The van der Waals surface area contributed by atoms with E-state index in [1.165, 1.54) is 5.56 Å². The number of hydrogen-bond acceptors (Lipinski definition) is 4. The topological polar surface area (TPSA) is 33.7 Å². The van der Waals surface area contributed by atoms with Crippen LogP contribution in [-0.2, 0) is 11.3 Å². The summed E-state index contributed by atoms with van der Waals surface area (Å²) < 4.78 is 11.5. The lowest BCUT2D eigenvalue weighted by Gasteiger charge is -2.46. The summed E-state index contributed by atoms with van der Waals surface area (Å²) in [6.45, 7) is 4.04. The lowest BCUT2D eigenvalue weighted by Crippen LogP contribution is -2.52. The maximum Gasteiger partial charge on any atom is 0.119 e. The number of nitrogens with zero attached hydrogens (tertiary/aromatic N) is 1. The predicted molar refractivity (Wildman–Crippen MR) is 88.3 cm³/mol. The van der Waals surface area contributed by atoms with Gasteiger partial charge in [-0.05, 0) is 63.5 Å². The van der Waals surface area contributed by atoms with Crippen molar-refractivity contribution in [1.29, 1.82) is 0 Å². The van der Waals surface area contributed by atoms with E-state index in [1.54, 1.807) is 7.11 Å². The zero-order valence-electron chi connectivity index (χ0n) is 13.8. The van der Waals surface area contributed by atoms with Gasteiger partial charge in [-0.25, -0.2) is 0 Å². The monoisotopic (exact) mass is 304 g/mol. The van der Waals surface area contributed by atoms with Gasteiger partial charge in [0.15, 0.2) is 0 Å². The second-order valence-electron chi connectivity index (χ2n) is 6.69. The van der Waals surface area contributed by atoms with Crippen LogP contribution in [0.5, 0.6) is 5.75 Å². The van der Waals surface area contributed by atoms with E-state index in [4.69, 9.17) is 9.47 Å². The minimum absolute atomic E-state index is 0.122. The first kappa shape index (κ1) is 15.8. The molecule has 0 radical (unpaired) electrons. The summed E-state index contributed by atoms with van der Waals surface area (Å²) >= 11 is 0. The first-order valence-corrected chi connectivity index (χ1v) is 8.39. The highest BCUT2D eigenvalue weighted by atomic mass is 16.5. The molecule has 0 amide bonds. The molecule has 2 fully saturated rings. The van der Waals surface area contributed by atoms with Crippen molar-refractivity contribution in [3.05, 3.63) is 29.8 Å². The molecular formula is C18H28N2O2. The minimum Gasteiger partial charge on any atom is -0.497 e. The first-order valence-electron chi connectivity index (χ1n) is 8.39. The van der Waals surface area contributed by atoms with Gasteiger partial charge in [0, 0.05) is 19.2 Å². The lowest BCUT2D eigenvalue weighted by molar-refractivity contribution is -0.119. The van der Waals surface area contributed by atoms with Crippen LogP contribution in [0.25, 0.3) is 0 Å². The van der Waals surface area contributed by atoms with Crippen LogP contribution in [-0.4, -0.2) is 50.4 Å². The molecule has 4 nitrogen and oxygen atoms in total. The van der Waals surface area contributed by atoms with E-state index in [0.717, 1.165) is 57.7 Å². The number of methoxy groups -OCH3 is 1. The molecule has 2 heterocycles. The molecule has 1 aromatic rings. The maximum absolute atomic E-state index is 6.19. The second kappa shape index (κ2) is 6.99. The largest absolute Gasteiger partial charge is 0.497 e. The van der Waals surface area contributed by atoms with Gasteiger partial charge >= 0.3 is 0 Å². The number of ether oxygens (including phenoxy) is 2. The van der Waals surface area contributed by atoms with E-state index in [2.05, 4.69) is 35.5 Å². The number of benzene rings is 1. The Balaban J connectivity index is 1.62. The van der Waals surface area contributed by atoms with Crippen LogP contribution < -0.4 is 10.1 Å². The fourth-order valence-corrected chi connectivity index (χ4v) is 3.80. The molecular weight excluding hydrogens is 276 g/mol. The minimum atomic E-state index is 0.122. The Hall–Kier alpha value is -1.10. The Morgan fingerprint density at radius 3 is 2.95 bits per heavy atom. The third-order valence-electron chi connectivity index (χ3n) is 5.17. The summed E-state index contributed by atoms with van der Waals surface area (Å²) in [5.74, 6) is 0.938. The molecule has 0 aliphatic carbocycles. The molecule has 22 heavy (non-hydrogen) atoms. The molecule has 122 valence electrons. The lowest BCUT2D eigenvalue weighted by atomic mass is 9.82. The molecule has 1 unspecified atom stereocenters. The number of rotatable bonds is 4. The summed E-state index contributed by atoms with van der Waals surface area (Å²) in [6, 6.07) is 9.00. The van der Waals surface area contributed by atoms with E-state index in [0.29, 0.717) is 6.04 Å². The van der Waals surface area contributed by atoms with Crippen molar-refractivity contribution in [2.45, 2.75) is 43.9 Å². The van der Waals surface area contributed by atoms with Gasteiger partial charge in [-0.15, -0.1) is 0 Å². The van der Waals surface area contributed by atoms with Gasteiger partial charge in [-0.2, -0.15) is 0 Å². The highest BCUT2D eigenvalue weighted by Crippen LogP contribution is 2.35. The van der Waals surface area contributed by atoms with Gasteiger partial charge < -0.3 is 14.8 Å². The van der Waals surface area contributed by atoms with Crippen LogP contribution in [0.4, 0.5) is 0 Å². The molecule has 4 heteroatoms. The van der Waals surface area contributed by atoms with Crippen LogP contribution >= 0.6 is 0 Å². The fourth-order valence-electron chi connectivity index (χ4n) is 3.80. The smallest absolute Gasteiger partial charge is 0.119 e. The van der Waals surface area contributed by atoms with E-state index in [1.807, 2.05) is 6.07 Å². The average Bonchev–Trinajstić information content (AvgIpc) is 2.56. The van der Waals surface area contributed by atoms with Crippen molar-refractivity contribution in [3.8, 4) is 5.75 Å². The van der Waals surface area contributed by atoms with Crippen LogP contribution in [0.3, 0.4) is 0 Å². The fraction of sp³-hybridized carbons (Fsp3) is 0.667. The molecule has 0 bridgehead atoms. The van der Waals surface area contributed by atoms with Gasteiger partial charge in [-0.1, -0.05) is 12.1 Å². The van der Waals surface area contributed by atoms with Gasteiger partial charge in [-0.3, -0.25) is 4.90 Å². The van der Waals surface area contributed by atoms with Gasteiger partial charge in [0.2, 0.25) is 0 Å². The highest BCUT2D eigenvalue weighted by Gasteiger charge is 2.39. The van der Waals surface area contributed by atoms with Gasteiger partial charge in [0.05, 0.1) is 12.7 Å². The number of hydrogen-bond donors (Lipinski definition) is 1. The number of nitrogens with one attached hydrogen (secondary N) is 1. The second-order valence-corrected chi connectivity index (χ2v) is 6.69. The highest BCUT2D eigenvalue weighted by molar-refractivity contribution is 5.28. The van der Waals surface area contributed by atoms with Gasteiger partial charge in [0.1, 0.15) is 5.75 Å². The van der Waals surface area contributed by atoms with E-state index < -0.39 is 0 Å². The molecule has 2 saturated heterocycles. The third kappa shape index (κ3) is 3.62. The van der Waals surface area contributed by atoms with Gasteiger partial charge in [0.25, 0.3) is 0 Å². The summed E-state index contributed by atoms with van der Waals surface area (Å²) in [4.78, 5) is 2.49. The maximum atomic E-state index is 6.19. The Morgan fingerprint density at radius 2 is 2.18 bits per heavy atom. The molecule has 2 aliphatic heterocycles. The Morgan fingerprint density at radius 1 is 1.36 bits per heavy atom. The zero-order chi connectivity index (χ0) is 15.4. The quantitative estimate of drug-likeness (QED) is 0.926. The average molecular weight is 304 g/mol.